The van der Waals surface area contributed by atoms with Crippen LogP contribution in [-0.2, 0) is 6.42 Å². The van der Waals surface area contributed by atoms with Crippen molar-refractivity contribution < 1.29 is 4.79 Å². The summed E-state index contributed by atoms with van der Waals surface area (Å²) in [5, 5.41) is 23.9. The lowest BCUT2D eigenvalue weighted by molar-refractivity contribution is 0.102. The third-order valence-electron chi connectivity index (χ3n) is 4.99. The van der Waals surface area contributed by atoms with E-state index in [0.717, 1.165) is 28.2 Å². The average molecular weight is 443 g/mol. The number of hydrogen-bond acceptors (Lipinski definition) is 4. The fourth-order valence-electron chi connectivity index (χ4n) is 3.33. The van der Waals surface area contributed by atoms with Gasteiger partial charge in [-0.2, -0.15) is 5.26 Å². The Balaban J connectivity index is 1.87. The topological polar surface area (TPSA) is 88.8 Å². The third kappa shape index (κ3) is 5.63. The Hall–Kier alpha value is -3.88. The second-order valence-corrected chi connectivity index (χ2v) is 7.72. The molecule has 0 heterocycles. The Morgan fingerprint density at radius 2 is 1.66 bits per heavy atom. The number of nitriles is 1. The van der Waals surface area contributed by atoms with Crippen LogP contribution in [0.3, 0.4) is 0 Å². The van der Waals surface area contributed by atoms with Crippen molar-refractivity contribution in [3.8, 4) is 6.07 Å². The summed E-state index contributed by atoms with van der Waals surface area (Å²) >= 11 is 6.14. The maximum absolute atomic E-state index is 12.9. The molecule has 160 valence electrons. The van der Waals surface area contributed by atoms with E-state index in [-0.39, 0.29) is 5.91 Å². The van der Waals surface area contributed by atoms with Crippen molar-refractivity contribution >= 4 is 34.6 Å². The number of amides is 1. The summed E-state index contributed by atoms with van der Waals surface area (Å²) in [5.74, 6) is -0.196. The SMILES string of the molecule is CC(=N)/C(Cc1ccccc1C(=O)Nc1ccccc1)=C(/C)Nc1ccc(C#N)c(Cl)c1. The average Bonchev–Trinajstić information content (AvgIpc) is 2.78. The van der Waals surface area contributed by atoms with Crippen LogP contribution < -0.4 is 10.6 Å². The smallest absolute Gasteiger partial charge is 0.255 e. The van der Waals surface area contributed by atoms with Gasteiger partial charge in [0.25, 0.3) is 5.91 Å². The molecule has 0 radical (unpaired) electrons. The summed E-state index contributed by atoms with van der Waals surface area (Å²) in [6.07, 6.45) is 0.413. The van der Waals surface area contributed by atoms with Crippen LogP contribution in [0.5, 0.6) is 0 Å². The van der Waals surface area contributed by atoms with Gasteiger partial charge >= 0.3 is 0 Å². The Bertz CT molecular complexity index is 1230. The molecule has 0 atom stereocenters. The fourth-order valence-corrected chi connectivity index (χ4v) is 3.55. The summed E-state index contributed by atoms with van der Waals surface area (Å²) in [6, 6.07) is 23.8. The number of benzene rings is 3. The minimum Gasteiger partial charge on any atom is -0.359 e. The van der Waals surface area contributed by atoms with Crippen molar-refractivity contribution in [1.82, 2.24) is 0 Å². The zero-order valence-corrected chi connectivity index (χ0v) is 18.6. The second-order valence-electron chi connectivity index (χ2n) is 7.31. The van der Waals surface area contributed by atoms with Gasteiger partial charge in [0.15, 0.2) is 0 Å². The Morgan fingerprint density at radius 3 is 2.31 bits per heavy atom. The van der Waals surface area contributed by atoms with Crippen LogP contribution in [0.15, 0.2) is 84.1 Å². The molecule has 32 heavy (non-hydrogen) atoms. The predicted molar refractivity (Wildman–Crippen MR) is 130 cm³/mol. The molecule has 0 spiro atoms. The number of nitrogens with one attached hydrogen (secondary N) is 3. The second kappa shape index (κ2) is 10.4. The first kappa shape index (κ1) is 22.8. The maximum atomic E-state index is 12.9. The highest BCUT2D eigenvalue weighted by Crippen LogP contribution is 2.24. The van der Waals surface area contributed by atoms with Crippen LogP contribution in [0.1, 0.15) is 35.3 Å². The van der Waals surface area contributed by atoms with Crippen molar-refractivity contribution in [3.05, 3.63) is 106 Å². The minimum atomic E-state index is -0.196. The number of hydrogen-bond donors (Lipinski definition) is 3. The molecule has 1 amide bonds. The number of carbonyl (C=O) groups is 1. The van der Waals surface area contributed by atoms with E-state index < -0.39 is 0 Å². The summed E-state index contributed by atoms with van der Waals surface area (Å²) in [5.41, 5.74) is 5.17. The van der Waals surface area contributed by atoms with Gasteiger partial charge in [0.05, 0.1) is 10.6 Å². The van der Waals surface area contributed by atoms with Gasteiger partial charge in [-0.1, -0.05) is 48.0 Å². The van der Waals surface area contributed by atoms with Crippen molar-refractivity contribution in [3.63, 3.8) is 0 Å². The van der Waals surface area contributed by atoms with E-state index in [4.69, 9.17) is 22.3 Å². The Labute approximate surface area is 192 Å². The third-order valence-corrected chi connectivity index (χ3v) is 5.30. The molecule has 0 saturated carbocycles. The molecule has 0 unspecified atom stereocenters. The van der Waals surface area contributed by atoms with E-state index >= 15 is 0 Å². The molecule has 0 aromatic heterocycles. The molecule has 0 bridgehead atoms. The van der Waals surface area contributed by atoms with Crippen molar-refractivity contribution in [2.75, 3.05) is 10.6 Å². The molecular weight excluding hydrogens is 420 g/mol. The molecular formula is C26H23ClN4O. The molecule has 0 aliphatic rings. The maximum Gasteiger partial charge on any atom is 0.255 e. The van der Waals surface area contributed by atoms with Crippen LogP contribution in [0, 0.1) is 16.7 Å². The van der Waals surface area contributed by atoms with Gasteiger partial charge < -0.3 is 16.0 Å². The number of nitrogens with zero attached hydrogens (tertiary/aromatic N) is 1. The van der Waals surface area contributed by atoms with E-state index in [2.05, 4.69) is 10.6 Å². The Kier molecular flexibility index (Phi) is 7.43. The van der Waals surface area contributed by atoms with Gasteiger partial charge in [-0.05, 0) is 61.4 Å². The number of para-hydroxylation sites is 1. The molecule has 3 aromatic rings. The number of carbonyl (C=O) groups excluding carboxylic acids is 1. The zero-order valence-electron chi connectivity index (χ0n) is 17.9. The molecule has 3 aromatic carbocycles. The first-order valence-corrected chi connectivity index (χ1v) is 10.4. The Morgan fingerprint density at radius 1 is 0.969 bits per heavy atom. The predicted octanol–water partition coefficient (Wildman–Crippen LogP) is 6.43. The van der Waals surface area contributed by atoms with Crippen LogP contribution in [0.2, 0.25) is 5.02 Å². The molecule has 0 fully saturated rings. The van der Waals surface area contributed by atoms with Crippen LogP contribution in [-0.4, -0.2) is 11.6 Å². The summed E-state index contributed by atoms with van der Waals surface area (Å²) in [6.45, 7) is 3.60. The van der Waals surface area contributed by atoms with Gasteiger partial charge in [0.2, 0.25) is 0 Å². The number of anilines is 2. The first-order chi connectivity index (χ1) is 15.4. The van der Waals surface area contributed by atoms with Gasteiger partial charge in [0.1, 0.15) is 6.07 Å². The monoisotopic (exact) mass is 442 g/mol. The number of rotatable bonds is 7. The van der Waals surface area contributed by atoms with E-state index in [1.54, 1.807) is 31.2 Å². The van der Waals surface area contributed by atoms with Gasteiger partial charge in [-0.3, -0.25) is 4.79 Å². The standard InChI is InChI=1S/C26H23ClN4O/c1-17(29)24(18(2)30-22-13-12-20(16-28)25(27)15-22)14-19-8-6-7-11-23(19)26(32)31-21-9-4-3-5-10-21/h3-13,15,29-30H,14H2,1-2H3,(H,31,32)/b24-18-,29-17?. The molecule has 5 nitrogen and oxygen atoms in total. The normalized spacial score (nSPS) is 11.2. The minimum absolute atomic E-state index is 0.196. The molecule has 3 rings (SSSR count). The first-order valence-electron chi connectivity index (χ1n) is 10.0. The molecule has 0 saturated heterocycles. The lowest BCUT2D eigenvalue weighted by atomic mass is 9.95. The van der Waals surface area contributed by atoms with Crippen molar-refractivity contribution in [1.29, 1.82) is 10.7 Å². The quantitative estimate of drug-likeness (QED) is 0.368. The lowest BCUT2D eigenvalue weighted by Crippen LogP contribution is -2.16. The van der Waals surface area contributed by atoms with Crippen molar-refractivity contribution in [2.45, 2.75) is 20.3 Å². The van der Waals surface area contributed by atoms with Crippen LogP contribution in [0.4, 0.5) is 11.4 Å². The molecule has 0 aliphatic carbocycles. The summed E-state index contributed by atoms with van der Waals surface area (Å²) < 4.78 is 0. The highest BCUT2D eigenvalue weighted by atomic mass is 35.5. The highest BCUT2D eigenvalue weighted by Gasteiger charge is 2.15. The largest absolute Gasteiger partial charge is 0.359 e. The zero-order chi connectivity index (χ0) is 23.1. The number of allylic oxidation sites excluding steroid dienone is 2. The lowest BCUT2D eigenvalue weighted by Gasteiger charge is -2.16. The summed E-state index contributed by atoms with van der Waals surface area (Å²) in [7, 11) is 0. The van der Waals surface area contributed by atoms with Gasteiger partial charge in [-0.25, -0.2) is 0 Å². The number of halogens is 1. The highest BCUT2D eigenvalue weighted by molar-refractivity contribution is 6.32. The van der Waals surface area contributed by atoms with E-state index in [1.165, 1.54) is 0 Å². The molecule has 0 aliphatic heterocycles. The van der Waals surface area contributed by atoms with E-state index in [0.29, 0.717) is 28.3 Å². The van der Waals surface area contributed by atoms with E-state index in [9.17, 15) is 4.79 Å². The van der Waals surface area contributed by atoms with Crippen LogP contribution in [0.25, 0.3) is 0 Å². The van der Waals surface area contributed by atoms with Gasteiger partial charge in [-0.15, -0.1) is 0 Å². The van der Waals surface area contributed by atoms with Crippen molar-refractivity contribution in [2.24, 2.45) is 0 Å². The van der Waals surface area contributed by atoms with Crippen LogP contribution >= 0.6 is 11.6 Å². The molecule has 6 heteroatoms. The summed E-state index contributed by atoms with van der Waals surface area (Å²) in [4.78, 5) is 12.9. The fraction of sp³-hybridized carbons (Fsp3) is 0.115. The van der Waals surface area contributed by atoms with E-state index in [1.807, 2.05) is 61.5 Å². The van der Waals surface area contributed by atoms with Gasteiger partial charge in [0, 0.05) is 34.8 Å². The molecule has 3 N–H and O–H groups in total.